The van der Waals surface area contributed by atoms with Crippen molar-refractivity contribution in [1.29, 1.82) is 0 Å². The van der Waals surface area contributed by atoms with Crippen molar-refractivity contribution in [1.82, 2.24) is 9.71 Å². The van der Waals surface area contributed by atoms with Gasteiger partial charge in [0.15, 0.2) is 0 Å². The smallest absolute Gasteiger partial charge is 0.241 e. The predicted molar refractivity (Wildman–Crippen MR) is 98.4 cm³/mol. The first-order valence-corrected chi connectivity index (χ1v) is 10.2. The molecular weight excluding hydrogens is 352 g/mol. The van der Waals surface area contributed by atoms with Crippen LogP contribution in [-0.4, -0.2) is 31.7 Å². The van der Waals surface area contributed by atoms with Crippen molar-refractivity contribution in [2.45, 2.75) is 43.2 Å². The number of aliphatic hydroxyl groups excluding tert-OH is 1. The summed E-state index contributed by atoms with van der Waals surface area (Å²) in [6.45, 7) is 2.02. The lowest BCUT2D eigenvalue weighted by molar-refractivity contribution is 0.0279. The maximum Gasteiger partial charge on any atom is 0.241 e. The summed E-state index contributed by atoms with van der Waals surface area (Å²) in [5.41, 5.74) is 1.85. The average Bonchev–Trinajstić information content (AvgIpc) is 2.64. The Bertz CT molecular complexity index is 829. The molecule has 140 valence electrons. The van der Waals surface area contributed by atoms with E-state index in [0.29, 0.717) is 18.7 Å². The lowest BCUT2D eigenvalue weighted by Crippen LogP contribution is -2.41. The van der Waals surface area contributed by atoms with E-state index in [1.807, 2.05) is 25.1 Å². The molecule has 1 atom stereocenters. The van der Waals surface area contributed by atoms with Gasteiger partial charge in [-0.25, -0.2) is 18.1 Å². The summed E-state index contributed by atoms with van der Waals surface area (Å²) in [5.74, 6) is 0.504. The fraction of sp³-hybridized carbons (Fsp3) is 0.421. The van der Waals surface area contributed by atoms with Crippen molar-refractivity contribution in [2.75, 3.05) is 7.11 Å². The average molecular weight is 376 g/mol. The normalized spacial score (nSPS) is 21.0. The van der Waals surface area contributed by atoms with Crippen LogP contribution >= 0.6 is 0 Å². The summed E-state index contributed by atoms with van der Waals surface area (Å²) in [6, 6.07) is 9.98. The molecule has 1 fully saturated rings. The van der Waals surface area contributed by atoms with Crippen LogP contribution in [0.1, 0.15) is 36.9 Å². The Balaban J connectivity index is 1.86. The van der Waals surface area contributed by atoms with Crippen LogP contribution in [0.2, 0.25) is 0 Å². The second-order valence-corrected chi connectivity index (χ2v) is 8.33. The van der Waals surface area contributed by atoms with E-state index >= 15 is 0 Å². The van der Waals surface area contributed by atoms with E-state index in [9.17, 15) is 13.5 Å². The molecule has 1 unspecified atom stereocenters. The monoisotopic (exact) mass is 376 g/mol. The predicted octanol–water partition coefficient (Wildman–Crippen LogP) is 2.44. The van der Waals surface area contributed by atoms with Crippen LogP contribution in [0.25, 0.3) is 0 Å². The van der Waals surface area contributed by atoms with Crippen LogP contribution in [0.15, 0.2) is 47.5 Å². The third-order valence-corrected chi connectivity index (χ3v) is 6.33. The van der Waals surface area contributed by atoms with Gasteiger partial charge in [0.25, 0.3) is 0 Å². The number of ether oxygens (including phenoxy) is 1. The number of hydrogen-bond donors (Lipinski definition) is 2. The summed E-state index contributed by atoms with van der Waals surface area (Å²) in [5, 5.41) is 9.66. The number of benzene rings is 1. The van der Waals surface area contributed by atoms with E-state index in [4.69, 9.17) is 4.74 Å². The zero-order valence-corrected chi connectivity index (χ0v) is 15.7. The summed E-state index contributed by atoms with van der Waals surface area (Å²) < 4.78 is 33.6. The van der Waals surface area contributed by atoms with Gasteiger partial charge in [-0.1, -0.05) is 25.1 Å². The topological polar surface area (TPSA) is 88.5 Å². The molecule has 2 N–H and O–H groups in total. The fourth-order valence-electron chi connectivity index (χ4n) is 3.17. The Morgan fingerprint density at radius 2 is 1.92 bits per heavy atom. The Morgan fingerprint density at radius 1 is 1.23 bits per heavy atom. The quantitative estimate of drug-likeness (QED) is 0.775. The molecule has 0 amide bonds. The molecule has 0 spiro atoms. The number of sulfonamides is 1. The zero-order chi connectivity index (χ0) is 18.7. The largest absolute Gasteiger partial charge is 0.481 e. The SMILES string of the molecule is CCc1ccc(S(=O)(=O)NC(c2ccc(OC)nc2)C2CC(O)C2)cc1. The molecule has 1 aliphatic rings. The van der Waals surface area contributed by atoms with Gasteiger partial charge in [0.05, 0.1) is 24.2 Å². The van der Waals surface area contributed by atoms with E-state index in [-0.39, 0.29) is 16.9 Å². The van der Waals surface area contributed by atoms with Gasteiger partial charge < -0.3 is 9.84 Å². The third-order valence-electron chi connectivity index (χ3n) is 4.87. The first-order chi connectivity index (χ1) is 12.4. The minimum Gasteiger partial charge on any atom is -0.481 e. The molecule has 6 nitrogen and oxygen atoms in total. The van der Waals surface area contributed by atoms with E-state index in [1.165, 1.54) is 7.11 Å². The number of aryl methyl sites for hydroxylation is 1. The number of pyridine rings is 1. The Morgan fingerprint density at radius 3 is 2.42 bits per heavy atom. The van der Waals surface area contributed by atoms with Gasteiger partial charge in [-0.05, 0) is 48.4 Å². The van der Waals surface area contributed by atoms with Crippen LogP contribution in [-0.2, 0) is 16.4 Å². The Labute approximate surface area is 154 Å². The number of nitrogens with one attached hydrogen (secondary N) is 1. The number of methoxy groups -OCH3 is 1. The molecule has 0 bridgehead atoms. The van der Waals surface area contributed by atoms with Gasteiger partial charge in [-0.2, -0.15) is 0 Å². The van der Waals surface area contributed by atoms with E-state index < -0.39 is 16.1 Å². The molecule has 1 heterocycles. The first kappa shape index (κ1) is 18.8. The van der Waals surface area contributed by atoms with Gasteiger partial charge in [0.1, 0.15) is 0 Å². The van der Waals surface area contributed by atoms with E-state index in [0.717, 1.165) is 17.5 Å². The van der Waals surface area contributed by atoms with Crippen molar-refractivity contribution in [3.63, 3.8) is 0 Å². The van der Waals surface area contributed by atoms with Gasteiger partial charge in [-0.3, -0.25) is 0 Å². The van der Waals surface area contributed by atoms with Crippen molar-refractivity contribution in [2.24, 2.45) is 5.92 Å². The minimum absolute atomic E-state index is 0.0323. The molecule has 1 aromatic carbocycles. The highest BCUT2D eigenvalue weighted by Crippen LogP contribution is 2.39. The number of hydrogen-bond acceptors (Lipinski definition) is 5. The second-order valence-electron chi connectivity index (χ2n) is 6.62. The second kappa shape index (κ2) is 7.73. The van der Waals surface area contributed by atoms with Crippen LogP contribution in [0, 0.1) is 5.92 Å². The third kappa shape index (κ3) is 4.06. The molecule has 3 rings (SSSR count). The lowest BCUT2D eigenvalue weighted by atomic mass is 9.76. The summed E-state index contributed by atoms with van der Waals surface area (Å²) in [6.07, 6.45) is 3.23. The highest BCUT2D eigenvalue weighted by Gasteiger charge is 2.37. The maximum atomic E-state index is 12.8. The molecule has 0 aliphatic heterocycles. The van der Waals surface area contributed by atoms with E-state index in [2.05, 4.69) is 9.71 Å². The zero-order valence-electron chi connectivity index (χ0n) is 14.9. The molecule has 0 saturated heterocycles. The van der Waals surface area contributed by atoms with Gasteiger partial charge in [0.2, 0.25) is 15.9 Å². The standard InChI is InChI=1S/C19H24N2O4S/c1-3-13-4-7-17(8-5-13)26(23,24)21-19(15-10-16(22)11-15)14-6-9-18(25-2)20-12-14/h4-9,12,15-16,19,21-22H,3,10-11H2,1-2H3. The van der Waals surface area contributed by atoms with E-state index in [1.54, 1.807) is 24.4 Å². The van der Waals surface area contributed by atoms with Crippen molar-refractivity contribution in [3.05, 3.63) is 53.7 Å². The molecule has 7 heteroatoms. The Kier molecular flexibility index (Phi) is 5.60. The molecule has 26 heavy (non-hydrogen) atoms. The molecule has 2 aromatic rings. The molecule has 0 radical (unpaired) electrons. The van der Waals surface area contributed by atoms with Crippen molar-refractivity contribution in [3.8, 4) is 5.88 Å². The number of aliphatic hydroxyl groups is 1. The molecule has 1 aliphatic carbocycles. The van der Waals surface area contributed by atoms with Gasteiger partial charge in [-0.15, -0.1) is 0 Å². The van der Waals surface area contributed by atoms with Gasteiger partial charge >= 0.3 is 0 Å². The lowest BCUT2D eigenvalue weighted by Gasteiger charge is -2.38. The Hall–Kier alpha value is -1.96. The summed E-state index contributed by atoms with van der Waals surface area (Å²) >= 11 is 0. The van der Waals surface area contributed by atoms with Crippen molar-refractivity contribution >= 4 is 10.0 Å². The van der Waals surface area contributed by atoms with Crippen molar-refractivity contribution < 1.29 is 18.3 Å². The van der Waals surface area contributed by atoms with Crippen LogP contribution in [0.4, 0.5) is 0 Å². The number of aromatic nitrogens is 1. The van der Waals surface area contributed by atoms with Crippen LogP contribution in [0.5, 0.6) is 5.88 Å². The number of nitrogens with zero attached hydrogens (tertiary/aromatic N) is 1. The number of rotatable bonds is 7. The summed E-state index contributed by atoms with van der Waals surface area (Å²) in [7, 11) is -2.15. The highest BCUT2D eigenvalue weighted by molar-refractivity contribution is 7.89. The summed E-state index contributed by atoms with van der Waals surface area (Å²) in [4.78, 5) is 4.42. The fourth-order valence-corrected chi connectivity index (χ4v) is 4.47. The van der Waals surface area contributed by atoms with Gasteiger partial charge in [0, 0.05) is 12.3 Å². The highest BCUT2D eigenvalue weighted by atomic mass is 32.2. The van der Waals surface area contributed by atoms with Crippen LogP contribution < -0.4 is 9.46 Å². The molecule has 1 saturated carbocycles. The molecular formula is C19H24N2O4S. The van der Waals surface area contributed by atoms with Crippen LogP contribution in [0.3, 0.4) is 0 Å². The molecule has 1 aromatic heterocycles. The first-order valence-electron chi connectivity index (χ1n) is 8.72. The minimum atomic E-state index is -3.68. The maximum absolute atomic E-state index is 12.8.